The third-order valence-electron chi connectivity index (χ3n) is 3.41. The molecule has 1 aliphatic carbocycles. The summed E-state index contributed by atoms with van der Waals surface area (Å²) in [4.78, 5) is 22.1. The lowest BCUT2D eigenvalue weighted by molar-refractivity contribution is -0.384. The molecule has 0 saturated heterocycles. The minimum Gasteiger partial charge on any atom is -0.348 e. The zero-order chi connectivity index (χ0) is 14.7. The number of benzene rings is 1. The number of nitro benzene ring substituents is 1. The number of amides is 1. The molecule has 104 valence electrons. The summed E-state index contributed by atoms with van der Waals surface area (Å²) in [6, 6.07) is 5.70. The summed E-state index contributed by atoms with van der Waals surface area (Å²) < 4.78 is 0. The van der Waals surface area contributed by atoms with Crippen LogP contribution in [0, 0.1) is 27.4 Å². The maximum absolute atomic E-state index is 12.1. The number of nitrogens with zero attached hydrogens (tertiary/aromatic N) is 2. The summed E-state index contributed by atoms with van der Waals surface area (Å²) in [6.07, 6.45) is 2.43. The fraction of sp³-hybridized carbons (Fsp3) is 0.385. The van der Waals surface area contributed by atoms with Crippen LogP contribution < -0.4 is 5.32 Å². The van der Waals surface area contributed by atoms with E-state index in [1.807, 2.05) is 0 Å². The van der Waals surface area contributed by atoms with E-state index in [1.165, 1.54) is 12.1 Å². The number of carbonyl (C=O) groups is 1. The maximum Gasteiger partial charge on any atom is 0.270 e. The van der Waals surface area contributed by atoms with Crippen LogP contribution in [0.25, 0.3) is 0 Å². The molecule has 7 heteroatoms. The molecule has 1 fully saturated rings. The van der Waals surface area contributed by atoms with E-state index in [0.29, 0.717) is 0 Å². The van der Waals surface area contributed by atoms with Crippen molar-refractivity contribution in [3.8, 4) is 6.07 Å². The minimum absolute atomic E-state index is 0.0307. The second-order valence-corrected chi connectivity index (χ2v) is 5.07. The molecule has 0 spiro atoms. The Bertz CT molecular complexity index is 597. The molecule has 0 aromatic heterocycles. The van der Waals surface area contributed by atoms with Crippen LogP contribution in [0.1, 0.15) is 29.6 Å². The van der Waals surface area contributed by atoms with Crippen LogP contribution in [0.15, 0.2) is 18.2 Å². The number of carbonyl (C=O) groups excluding carboxylic acids is 1. The number of hydrogen-bond donors (Lipinski definition) is 1. The first kappa shape index (κ1) is 14.3. The molecule has 1 N–H and O–H groups in total. The van der Waals surface area contributed by atoms with Crippen molar-refractivity contribution in [3.63, 3.8) is 0 Å². The maximum atomic E-state index is 12.1. The van der Waals surface area contributed by atoms with Gasteiger partial charge in [0.05, 0.1) is 27.5 Å². The van der Waals surface area contributed by atoms with Crippen LogP contribution in [-0.2, 0) is 0 Å². The third-order valence-corrected chi connectivity index (χ3v) is 3.72. The molecule has 0 heterocycles. The van der Waals surface area contributed by atoms with Crippen molar-refractivity contribution >= 4 is 23.2 Å². The van der Waals surface area contributed by atoms with Crippen molar-refractivity contribution in [2.75, 3.05) is 0 Å². The average molecular weight is 294 g/mol. The van der Waals surface area contributed by atoms with Gasteiger partial charge in [-0.1, -0.05) is 11.6 Å². The van der Waals surface area contributed by atoms with Crippen LogP contribution in [0.5, 0.6) is 0 Å². The van der Waals surface area contributed by atoms with E-state index in [9.17, 15) is 14.9 Å². The van der Waals surface area contributed by atoms with Crippen molar-refractivity contribution in [1.82, 2.24) is 5.32 Å². The zero-order valence-corrected chi connectivity index (χ0v) is 11.3. The standard InChI is InChI=1S/C13H12ClN3O3/c14-11-6-9(17(19)20)4-5-10(11)13(18)16-12-3-1-2-8(12)7-15/h4-6,8,12H,1-3H2,(H,16,18). The number of hydrogen-bond acceptors (Lipinski definition) is 4. The molecule has 2 unspecified atom stereocenters. The van der Waals surface area contributed by atoms with Gasteiger partial charge in [0.1, 0.15) is 0 Å². The van der Waals surface area contributed by atoms with Crippen LogP contribution in [0.3, 0.4) is 0 Å². The molecule has 1 saturated carbocycles. The number of rotatable bonds is 3. The molecule has 2 rings (SSSR count). The molecule has 1 aromatic rings. The van der Waals surface area contributed by atoms with Crippen molar-refractivity contribution in [2.45, 2.75) is 25.3 Å². The Morgan fingerprint density at radius 1 is 1.50 bits per heavy atom. The van der Waals surface area contributed by atoms with E-state index in [4.69, 9.17) is 16.9 Å². The van der Waals surface area contributed by atoms with E-state index in [-0.39, 0.29) is 28.2 Å². The van der Waals surface area contributed by atoms with Crippen molar-refractivity contribution in [1.29, 1.82) is 5.26 Å². The Labute approximate surface area is 120 Å². The molecular weight excluding hydrogens is 282 g/mol. The molecule has 0 radical (unpaired) electrons. The smallest absolute Gasteiger partial charge is 0.270 e. The largest absolute Gasteiger partial charge is 0.348 e. The topological polar surface area (TPSA) is 96.0 Å². The fourth-order valence-electron chi connectivity index (χ4n) is 2.34. The SMILES string of the molecule is N#CC1CCCC1NC(=O)c1ccc([N+](=O)[O-])cc1Cl. The van der Waals surface area contributed by atoms with Crippen molar-refractivity contribution in [3.05, 3.63) is 38.9 Å². The highest BCUT2D eigenvalue weighted by Crippen LogP contribution is 2.27. The lowest BCUT2D eigenvalue weighted by Gasteiger charge is -2.16. The number of nitrogens with one attached hydrogen (secondary N) is 1. The molecule has 1 amide bonds. The number of nitro groups is 1. The summed E-state index contributed by atoms with van der Waals surface area (Å²) in [6.45, 7) is 0. The van der Waals surface area contributed by atoms with Crippen LogP contribution in [0.4, 0.5) is 5.69 Å². The number of halogens is 1. The summed E-state index contributed by atoms with van der Waals surface area (Å²) in [5.74, 6) is -0.590. The molecule has 6 nitrogen and oxygen atoms in total. The highest BCUT2D eigenvalue weighted by atomic mass is 35.5. The Balaban J connectivity index is 2.14. The van der Waals surface area contributed by atoms with Crippen LogP contribution in [-0.4, -0.2) is 16.9 Å². The monoisotopic (exact) mass is 293 g/mol. The fourth-order valence-corrected chi connectivity index (χ4v) is 2.60. The highest BCUT2D eigenvalue weighted by molar-refractivity contribution is 6.34. The summed E-state index contributed by atoms with van der Waals surface area (Å²) in [7, 11) is 0. The van der Waals surface area contributed by atoms with Gasteiger partial charge >= 0.3 is 0 Å². The predicted molar refractivity (Wildman–Crippen MR) is 72.3 cm³/mol. The number of non-ortho nitro benzene ring substituents is 1. The van der Waals surface area contributed by atoms with E-state index in [2.05, 4.69) is 11.4 Å². The molecule has 20 heavy (non-hydrogen) atoms. The van der Waals surface area contributed by atoms with E-state index < -0.39 is 10.8 Å². The zero-order valence-electron chi connectivity index (χ0n) is 10.5. The van der Waals surface area contributed by atoms with Gasteiger partial charge in [0.15, 0.2) is 0 Å². The van der Waals surface area contributed by atoms with Gasteiger partial charge in [-0.2, -0.15) is 5.26 Å². The molecule has 0 bridgehead atoms. The highest BCUT2D eigenvalue weighted by Gasteiger charge is 2.29. The van der Waals surface area contributed by atoms with Gasteiger partial charge in [-0.15, -0.1) is 0 Å². The van der Waals surface area contributed by atoms with E-state index in [1.54, 1.807) is 0 Å². The summed E-state index contributed by atoms with van der Waals surface area (Å²) in [5.41, 5.74) is 0.0168. The van der Waals surface area contributed by atoms with Crippen LogP contribution in [0.2, 0.25) is 5.02 Å². The Kier molecular flexibility index (Phi) is 4.20. The van der Waals surface area contributed by atoms with Gasteiger partial charge < -0.3 is 5.32 Å². The Hall–Kier alpha value is -2.13. The Morgan fingerprint density at radius 2 is 2.25 bits per heavy atom. The second-order valence-electron chi connectivity index (χ2n) is 4.67. The first-order valence-electron chi connectivity index (χ1n) is 6.17. The molecular formula is C13H12ClN3O3. The van der Waals surface area contributed by atoms with E-state index in [0.717, 1.165) is 25.3 Å². The van der Waals surface area contributed by atoms with Gasteiger partial charge in [0.2, 0.25) is 0 Å². The normalized spacial score (nSPS) is 21.2. The first-order valence-corrected chi connectivity index (χ1v) is 6.55. The third kappa shape index (κ3) is 2.89. The van der Waals surface area contributed by atoms with Gasteiger partial charge in [0.25, 0.3) is 11.6 Å². The predicted octanol–water partition coefficient (Wildman–Crippen LogP) is 2.67. The first-order chi connectivity index (χ1) is 9.52. The molecule has 2 atom stereocenters. The van der Waals surface area contributed by atoms with Gasteiger partial charge in [-0.05, 0) is 25.3 Å². The van der Waals surface area contributed by atoms with E-state index >= 15 is 0 Å². The second kappa shape index (κ2) is 5.88. The van der Waals surface area contributed by atoms with Crippen LogP contribution >= 0.6 is 11.6 Å². The van der Waals surface area contributed by atoms with Crippen molar-refractivity contribution < 1.29 is 9.72 Å². The lowest BCUT2D eigenvalue weighted by Crippen LogP contribution is -2.37. The molecule has 1 aromatic carbocycles. The average Bonchev–Trinajstić information content (AvgIpc) is 2.85. The van der Waals surface area contributed by atoms with Gasteiger partial charge in [-0.25, -0.2) is 0 Å². The summed E-state index contributed by atoms with van der Waals surface area (Å²) in [5, 5.41) is 22.4. The number of nitriles is 1. The molecule has 0 aliphatic heterocycles. The molecule has 1 aliphatic rings. The van der Waals surface area contributed by atoms with Gasteiger partial charge in [-0.3, -0.25) is 14.9 Å². The lowest BCUT2D eigenvalue weighted by atomic mass is 10.1. The Morgan fingerprint density at radius 3 is 2.85 bits per heavy atom. The van der Waals surface area contributed by atoms with Crippen molar-refractivity contribution in [2.24, 2.45) is 5.92 Å². The minimum atomic E-state index is -0.573. The summed E-state index contributed by atoms with van der Waals surface area (Å²) >= 11 is 5.89. The quantitative estimate of drug-likeness (QED) is 0.684. The van der Waals surface area contributed by atoms with Gasteiger partial charge in [0, 0.05) is 18.2 Å².